The summed E-state index contributed by atoms with van der Waals surface area (Å²) in [6.45, 7) is 0. The second kappa shape index (κ2) is 5.18. The van der Waals surface area contributed by atoms with Crippen molar-refractivity contribution in [3.05, 3.63) is 42.0 Å². The van der Waals surface area contributed by atoms with Gasteiger partial charge in [-0.2, -0.15) is 0 Å². The van der Waals surface area contributed by atoms with Crippen molar-refractivity contribution in [1.82, 2.24) is 0 Å². The highest BCUT2D eigenvalue weighted by Crippen LogP contribution is 2.28. The van der Waals surface area contributed by atoms with E-state index in [1.807, 2.05) is 0 Å². The third-order valence-corrected chi connectivity index (χ3v) is 2.89. The average molecular weight is 308 g/mol. The monoisotopic (exact) mass is 307 g/mol. The van der Waals surface area contributed by atoms with Crippen molar-refractivity contribution in [1.29, 1.82) is 0 Å². The van der Waals surface area contributed by atoms with E-state index in [2.05, 4.69) is 15.9 Å². The number of benzene rings is 2. The molecule has 0 aliphatic heterocycles. The van der Waals surface area contributed by atoms with Crippen molar-refractivity contribution in [2.24, 2.45) is 0 Å². The first-order chi connectivity index (χ1) is 8.63. The van der Waals surface area contributed by atoms with Gasteiger partial charge in [0.1, 0.15) is 11.1 Å². The lowest BCUT2D eigenvalue weighted by molar-refractivity contribution is -0.254. The smallest absolute Gasteiger partial charge is 0.321 e. The lowest BCUT2D eigenvalue weighted by Crippen LogP contribution is -2.22. The molecule has 0 aliphatic rings. The number of carboxylic acids is 1. The Kier molecular flexibility index (Phi) is 3.62. The van der Waals surface area contributed by atoms with E-state index in [4.69, 9.17) is 4.74 Å². The molecule has 5 heteroatoms. The quantitative estimate of drug-likeness (QED) is 0.490. The predicted molar refractivity (Wildman–Crippen MR) is 67.7 cm³/mol. The van der Waals surface area contributed by atoms with E-state index in [0.29, 0.717) is 16.5 Å². The molecule has 0 bridgehead atoms. The Balaban J connectivity index is 2.61. The summed E-state index contributed by atoms with van der Waals surface area (Å²) < 4.78 is 5.11. The second-order valence-corrected chi connectivity index (χ2v) is 4.11. The van der Waals surface area contributed by atoms with Crippen LogP contribution in [0.2, 0.25) is 0 Å². The van der Waals surface area contributed by atoms with Gasteiger partial charge < -0.3 is 14.6 Å². The zero-order valence-electron chi connectivity index (χ0n) is 9.18. The molecule has 0 saturated heterocycles. The van der Waals surface area contributed by atoms with Crippen LogP contribution in [0.3, 0.4) is 0 Å². The maximum Gasteiger partial charge on any atom is 0.321 e. The molecular formula is C13H8BrO4-. The summed E-state index contributed by atoms with van der Waals surface area (Å²) in [7, 11) is 0. The van der Waals surface area contributed by atoms with Crippen molar-refractivity contribution < 1.29 is 19.4 Å². The number of aromatic carboxylic acids is 1. The molecular weight excluding hydrogens is 300 g/mol. The molecule has 0 N–H and O–H groups in total. The number of ether oxygens (including phenoxy) is 1. The number of carbonyl (C=O) groups excluding carboxylic acids is 2. The minimum absolute atomic E-state index is 0.0730. The molecule has 0 atom stereocenters. The molecule has 0 fully saturated rings. The lowest BCUT2D eigenvalue weighted by atomic mass is 10.0. The maximum atomic E-state index is 11.2. The normalized spacial score (nSPS) is 10.3. The number of rotatable bonds is 3. The van der Waals surface area contributed by atoms with E-state index in [1.54, 1.807) is 24.3 Å². The molecule has 4 nitrogen and oxygen atoms in total. The van der Waals surface area contributed by atoms with Crippen LogP contribution < -0.4 is 9.84 Å². The van der Waals surface area contributed by atoms with Crippen LogP contribution in [0.1, 0.15) is 10.4 Å². The summed E-state index contributed by atoms with van der Waals surface area (Å²) >= 11 is 3.00. The van der Waals surface area contributed by atoms with Crippen LogP contribution in [0.25, 0.3) is 10.8 Å². The number of esters is 1. The van der Waals surface area contributed by atoms with Gasteiger partial charge in [-0.3, -0.25) is 4.79 Å². The number of carbonyl (C=O) groups is 2. The standard InChI is InChI=1S/C13H9BrO4/c14-7-12(15)18-11-6-5-10(13(16)17)8-3-1-2-4-9(8)11/h1-6H,7H2,(H,16,17)/p-1. The Morgan fingerprint density at radius 1 is 1.11 bits per heavy atom. The van der Waals surface area contributed by atoms with Crippen LogP contribution in [-0.2, 0) is 4.79 Å². The average Bonchev–Trinajstić information content (AvgIpc) is 2.38. The van der Waals surface area contributed by atoms with Crippen LogP contribution in [0.15, 0.2) is 36.4 Å². The molecule has 2 rings (SSSR count). The zero-order chi connectivity index (χ0) is 13.1. The molecule has 18 heavy (non-hydrogen) atoms. The molecule has 0 unspecified atom stereocenters. The molecule has 0 saturated carbocycles. The minimum atomic E-state index is -1.26. The van der Waals surface area contributed by atoms with Crippen molar-refractivity contribution in [3.8, 4) is 5.75 Å². The summed E-state index contributed by atoms with van der Waals surface area (Å²) in [4.78, 5) is 22.2. The summed E-state index contributed by atoms with van der Waals surface area (Å²) in [6, 6.07) is 9.62. The molecule has 0 spiro atoms. The topological polar surface area (TPSA) is 66.4 Å². The van der Waals surface area contributed by atoms with Crippen LogP contribution in [0.5, 0.6) is 5.75 Å². The fraction of sp³-hybridized carbons (Fsp3) is 0.0769. The summed E-state index contributed by atoms with van der Waals surface area (Å²) in [5.74, 6) is -1.37. The SMILES string of the molecule is O=C(CBr)Oc1ccc(C(=O)[O-])c2ccccc12. The number of alkyl halides is 1. The number of hydrogen-bond acceptors (Lipinski definition) is 4. The first kappa shape index (κ1) is 12.6. The van der Waals surface area contributed by atoms with E-state index in [-0.39, 0.29) is 10.9 Å². The number of halogens is 1. The van der Waals surface area contributed by atoms with Crippen molar-refractivity contribution in [3.63, 3.8) is 0 Å². The molecule has 0 amide bonds. The van der Waals surface area contributed by atoms with Crippen LogP contribution in [-0.4, -0.2) is 17.3 Å². The predicted octanol–water partition coefficient (Wildman–Crippen LogP) is 1.50. The minimum Gasteiger partial charge on any atom is -0.545 e. The van der Waals surface area contributed by atoms with Gasteiger partial charge in [0.15, 0.2) is 0 Å². The summed E-state index contributed by atoms with van der Waals surface area (Å²) in [5.41, 5.74) is 0.0734. The lowest BCUT2D eigenvalue weighted by Gasteiger charge is -2.11. The van der Waals surface area contributed by atoms with Crippen molar-refractivity contribution >= 4 is 38.6 Å². The van der Waals surface area contributed by atoms with Gasteiger partial charge in [0, 0.05) is 10.9 Å². The highest BCUT2D eigenvalue weighted by molar-refractivity contribution is 9.09. The first-order valence-electron chi connectivity index (χ1n) is 5.13. The molecule has 2 aromatic rings. The van der Waals surface area contributed by atoms with Gasteiger partial charge >= 0.3 is 5.97 Å². The zero-order valence-corrected chi connectivity index (χ0v) is 10.8. The van der Waals surface area contributed by atoms with Crippen molar-refractivity contribution in [2.45, 2.75) is 0 Å². The highest BCUT2D eigenvalue weighted by Gasteiger charge is 2.10. The number of carboxylic acid groups (broad SMARTS) is 1. The van der Waals surface area contributed by atoms with Crippen LogP contribution >= 0.6 is 15.9 Å². The Bertz CT molecular complexity index is 621. The van der Waals surface area contributed by atoms with Crippen LogP contribution in [0, 0.1) is 0 Å². The van der Waals surface area contributed by atoms with Gasteiger partial charge in [0.2, 0.25) is 0 Å². The molecule has 0 radical (unpaired) electrons. The number of hydrogen-bond donors (Lipinski definition) is 0. The summed E-state index contributed by atoms with van der Waals surface area (Å²) in [5, 5.41) is 12.1. The van der Waals surface area contributed by atoms with E-state index in [1.165, 1.54) is 12.1 Å². The number of fused-ring (bicyclic) bond motifs is 1. The molecule has 0 aliphatic carbocycles. The Morgan fingerprint density at radius 2 is 1.78 bits per heavy atom. The van der Waals surface area contributed by atoms with E-state index in [9.17, 15) is 14.7 Å². The molecule has 2 aromatic carbocycles. The van der Waals surface area contributed by atoms with E-state index < -0.39 is 11.9 Å². The van der Waals surface area contributed by atoms with Crippen LogP contribution in [0.4, 0.5) is 0 Å². The highest BCUT2D eigenvalue weighted by atomic mass is 79.9. The fourth-order valence-electron chi connectivity index (χ4n) is 1.69. The third-order valence-electron chi connectivity index (χ3n) is 2.44. The maximum absolute atomic E-state index is 11.2. The second-order valence-electron chi connectivity index (χ2n) is 3.55. The van der Waals surface area contributed by atoms with Gasteiger partial charge in [0.25, 0.3) is 0 Å². The van der Waals surface area contributed by atoms with Gasteiger partial charge in [-0.1, -0.05) is 40.2 Å². The Labute approximate surface area is 111 Å². The van der Waals surface area contributed by atoms with Gasteiger partial charge in [-0.05, 0) is 17.5 Å². The van der Waals surface area contributed by atoms with Crippen molar-refractivity contribution in [2.75, 3.05) is 5.33 Å². The van der Waals surface area contributed by atoms with Gasteiger partial charge in [-0.25, -0.2) is 0 Å². The fourth-order valence-corrected chi connectivity index (χ4v) is 1.80. The Morgan fingerprint density at radius 3 is 2.39 bits per heavy atom. The van der Waals surface area contributed by atoms with Gasteiger partial charge in [-0.15, -0.1) is 0 Å². The molecule has 0 heterocycles. The van der Waals surface area contributed by atoms with E-state index in [0.717, 1.165) is 0 Å². The molecule has 92 valence electrons. The summed E-state index contributed by atoms with van der Waals surface area (Å²) in [6.07, 6.45) is 0. The molecule has 0 aromatic heterocycles. The Hall–Kier alpha value is -1.88. The first-order valence-corrected chi connectivity index (χ1v) is 6.25. The largest absolute Gasteiger partial charge is 0.545 e. The van der Waals surface area contributed by atoms with E-state index >= 15 is 0 Å². The van der Waals surface area contributed by atoms with Gasteiger partial charge in [0.05, 0.1) is 5.97 Å². The third kappa shape index (κ3) is 2.36.